The molecule has 1 aromatic heterocycles. The number of hydrazone groups is 2. The van der Waals surface area contributed by atoms with Crippen LogP contribution in [0.1, 0.15) is 6.92 Å². The number of carboxylic acid groups (broad SMARTS) is 1. The van der Waals surface area contributed by atoms with Crippen LogP contribution in [0.3, 0.4) is 0 Å². The van der Waals surface area contributed by atoms with Gasteiger partial charge >= 0.3 is 5.97 Å². The number of amidine groups is 2. The van der Waals surface area contributed by atoms with E-state index in [-0.39, 0.29) is 12.0 Å². The van der Waals surface area contributed by atoms with Crippen molar-refractivity contribution >= 4 is 29.3 Å². The average molecular weight is 264 g/mol. The summed E-state index contributed by atoms with van der Waals surface area (Å²) in [6.07, 6.45) is -0.785. The molecule has 19 heavy (non-hydrogen) atoms. The van der Waals surface area contributed by atoms with Gasteiger partial charge in [0.05, 0.1) is 0 Å². The maximum atomic E-state index is 11.2. The van der Waals surface area contributed by atoms with Crippen molar-refractivity contribution < 1.29 is 14.5 Å². The molecule has 3 aliphatic rings. The van der Waals surface area contributed by atoms with Gasteiger partial charge in [-0.1, -0.05) is 0 Å². The quantitative estimate of drug-likeness (QED) is 0.542. The first-order valence-electron chi connectivity index (χ1n) is 5.46. The lowest BCUT2D eigenvalue weighted by Gasteiger charge is -2.37. The molecule has 11 nitrogen and oxygen atoms in total. The van der Waals surface area contributed by atoms with Crippen LogP contribution in [-0.2, 0) is 4.79 Å². The van der Waals surface area contributed by atoms with Crippen molar-refractivity contribution in [2.24, 2.45) is 10.2 Å². The second-order valence-corrected chi connectivity index (χ2v) is 4.20. The molecule has 0 bridgehead atoms. The third-order valence-electron chi connectivity index (χ3n) is 3.20. The Kier molecular flexibility index (Phi) is 1.66. The average Bonchev–Trinajstić information content (AvgIpc) is 3.03. The second-order valence-electron chi connectivity index (χ2n) is 4.20. The van der Waals surface area contributed by atoms with E-state index < -0.39 is 12.1 Å². The highest BCUT2D eigenvalue weighted by molar-refractivity contribution is 6.41. The standard InChI is InChI=1S/C8H8N8O3/c1-2-9-10-3-4-11-12-7(8(17)18)16(4)6-5(15(2)3)13-19-14-6/h3-4,10-11H,1H3,(H,17,18). The first-order valence-corrected chi connectivity index (χ1v) is 5.46. The van der Waals surface area contributed by atoms with Crippen LogP contribution >= 0.6 is 0 Å². The number of rotatable bonds is 1. The number of aliphatic carboxylic acids is 1. The zero-order valence-corrected chi connectivity index (χ0v) is 9.60. The molecular formula is C8H8N8O3. The molecule has 0 aliphatic carbocycles. The third-order valence-corrected chi connectivity index (χ3v) is 3.20. The normalized spacial score (nSPS) is 26.8. The summed E-state index contributed by atoms with van der Waals surface area (Å²) >= 11 is 0. The van der Waals surface area contributed by atoms with Crippen molar-refractivity contribution in [2.75, 3.05) is 9.80 Å². The van der Waals surface area contributed by atoms with Gasteiger partial charge in [-0.05, 0) is 17.2 Å². The number of nitrogens with one attached hydrogen (secondary N) is 2. The molecule has 3 aliphatic heterocycles. The Morgan fingerprint density at radius 2 is 1.84 bits per heavy atom. The molecule has 0 aromatic carbocycles. The summed E-state index contributed by atoms with van der Waals surface area (Å²) in [6, 6.07) is 0. The lowest BCUT2D eigenvalue weighted by molar-refractivity contribution is -0.129. The van der Waals surface area contributed by atoms with Gasteiger partial charge in [-0.15, -0.1) is 0 Å². The molecule has 2 unspecified atom stereocenters. The number of nitrogens with zero attached hydrogens (tertiary/aromatic N) is 6. The number of aromatic nitrogens is 2. The molecular weight excluding hydrogens is 256 g/mol. The maximum Gasteiger partial charge on any atom is 0.374 e. The lowest BCUT2D eigenvalue weighted by Crippen LogP contribution is -2.62. The lowest BCUT2D eigenvalue weighted by atomic mass is 10.2. The molecule has 0 saturated carbocycles. The molecule has 4 rings (SSSR count). The predicted molar refractivity (Wildman–Crippen MR) is 61.3 cm³/mol. The Balaban J connectivity index is 1.87. The van der Waals surface area contributed by atoms with Crippen molar-refractivity contribution in [1.82, 2.24) is 21.2 Å². The zero-order valence-electron chi connectivity index (χ0n) is 9.60. The Hall–Kier alpha value is -2.85. The maximum absolute atomic E-state index is 11.2. The van der Waals surface area contributed by atoms with Gasteiger partial charge in [-0.25, -0.2) is 9.42 Å². The second kappa shape index (κ2) is 3.13. The number of carbonyl (C=O) groups is 1. The van der Waals surface area contributed by atoms with E-state index in [1.54, 1.807) is 11.8 Å². The largest absolute Gasteiger partial charge is 0.475 e. The number of carboxylic acids is 1. The summed E-state index contributed by atoms with van der Waals surface area (Å²) in [6.45, 7) is 1.80. The minimum absolute atomic E-state index is 0.159. The van der Waals surface area contributed by atoms with E-state index in [9.17, 15) is 4.79 Å². The molecule has 3 N–H and O–H groups in total. The first kappa shape index (κ1) is 10.1. The molecule has 1 aromatic rings. The molecule has 4 heterocycles. The third kappa shape index (κ3) is 1.08. The van der Waals surface area contributed by atoms with E-state index in [0.717, 1.165) is 0 Å². The van der Waals surface area contributed by atoms with Crippen LogP contribution < -0.4 is 20.7 Å². The van der Waals surface area contributed by atoms with Crippen LogP contribution in [0.4, 0.5) is 11.6 Å². The van der Waals surface area contributed by atoms with Crippen LogP contribution in [0, 0.1) is 0 Å². The van der Waals surface area contributed by atoms with E-state index in [2.05, 4.69) is 31.4 Å². The van der Waals surface area contributed by atoms with Gasteiger partial charge in [0, 0.05) is 0 Å². The fourth-order valence-corrected chi connectivity index (χ4v) is 2.42. The van der Waals surface area contributed by atoms with E-state index in [1.165, 1.54) is 4.90 Å². The van der Waals surface area contributed by atoms with Crippen LogP contribution in [0.2, 0.25) is 0 Å². The number of hydrogen-bond acceptors (Lipinski definition) is 10. The van der Waals surface area contributed by atoms with Gasteiger partial charge in [0.2, 0.25) is 17.5 Å². The van der Waals surface area contributed by atoms with Gasteiger partial charge in [0.25, 0.3) is 0 Å². The molecule has 2 atom stereocenters. The summed E-state index contributed by atoms with van der Waals surface area (Å²) < 4.78 is 4.72. The zero-order chi connectivity index (χ0) is 13.1. The SMILES string of the molecule is CC1=NNC2C3NN=C(C(=O)O)N3c3nonc3N12. The van der Waals surface area contributed by atoms with Crippen molar-refractivity contribution in [2.45, 2.75) is 19.3 Å². The highest BCUT2D eigenvalue weighted by Gasteiger charge is 2.51. The molecule has 0 fully saturated rings. The van der Waals surface area contributed by atoms with Gasteiger partial charge < -0.3 is 5.11 Å². The number of fused-ring (bicyclic) bond motifs is 6. The number of anilines is 2. The fraction of sp³-hybridized carbons (Fsp3) is 0.375. The van der Waals surface area contributed by atoms with Gasteiger partial charge in [0.15, 0.2) is 12.3 Å². The highest BCUT2D eigenvalue weighted by Crippen LogP contribution is 2.37. The topological polar surface area (TPSA) is 131 Å². The van der Waals surface area contributed by atoms with Gasteiger partial charge in [0.1, 0.15) is 5.84 Å². The Labute approximate surface area is 105 Å². The molecule has 0 saturated heterocycles. The molecule has 11 heteroatoms. The summed E-state index contributed by atoms with van der Waals surface area (Å²) in [5.41, 5.74) is 5.66. The fourth-order valence-electron chi connectivity index (χ4n) is 2.42. The molecule has 0 spiro atoms. The van der Waals surface area contributed by atoms with Crippen LogP contribution in [0.25, 0.3) is 0 Å². The van der Waals surface area contributed by atoms with Crippen LogP contribution in [-0.4, -0.2) is 45.4 Å². The highest BCUT2D eigenvalue weighted by atomic mass is 16.6. The van der Waals surface area contributed by atoms with E-state index in [4.69, 9.17) is 9.74 Å². The van der Waals surface area contributed by atoms with Crippen LogP contribution in [0.15, 0.2) is 14.8 Å². The number of hydrogen-bond donors (Lipinski definition) is 3. The Morgan fingerprint density at radius 3 is 2.58 bits per heavy atom. The van der Waals surface area contributed by atoms with Gasteiger partial charge in [-0.3, -0.25) is 20.7 Å². The van der Waals surface area contributed by atoms with Crippen molar-refractivity contribution in [3.05, 3.63) is 0 Å². The van der Waals surface area contributed by atoms with Crippen molar-refractivity contribution in [1.29, 1.82) is 0 Å². The monoisotopic (exact) mass is 264 g/mol. The molecule has 98 valence electrons. The summed E-state index contributed by atoms with van der Waals surface area (Å²) in [7, 11) is 0. The predicted octanol–water partition coefficient (Wildman–Crippen LogP) is -1.71. The summed E-state index contributed by atoms with van der Waals surface area (Å²) in [5.74, 6) is 0.0731. The molecule has 0 radical (unpaired) electrons. The van der Waals surface area contributed by atoms with E-state index >= 15 is 0 Å². The van der Waals surface area contributed by atoms with Crippen LogP contribution in [0.5, 0.6) is 0 Å². The summed E-state index contributed by atoms with van der Waals surface area (Å²) in [5, 5.41) is 24.6. The van der Waals surface area contributed by atoms with Crippen molar-refractivity contribution in [3.63, 3.8) is 0 Å². The van der Waals surface area contributed by atoms with E-state index in [1.807, 2.05) is 0 Å². The Bertz CT molecular complexity index is 636. The van der Waals surface area contributed by atoms with Crippen molar-refractivity contribution in [3.8, 4) is 0 Å². The first-order chi connectivity index (χ1) is 9.18. The smallest absolute Gasteiger partial charge is 0.374 e. The Morgan fingerprint density at radius 1 is 1.21 bits per heavy atom. The minimum Gasteiger partial charge on any atom is -0.475 e. The van der Waals surface area contributed by atoms with E-state index in [0.29, 0.717) is 17.5 Å². The van der Waals surface area contributed by atoms with Gasteiger partial charge in [-0.2, -0.15) is 10.2 Å². The minimum atomic E-state index is -1.16. The summed E-state index contributed by atoms with van der Waals surface area (Å²) in [4.78, 5) is 14.4. The molecule has 0 amide bonds.